The normalized spacial score (nSPS) is 11.3. The summed E-state index contributed by atoms with van der Waals surface area (Å²) >= 11 is 0. The first-order valence-electron chi connectivity index (χ1n) is 11.7. The Morgan fingerprint density at radius 3 is 2.11 bits per heavy atom. The van der Waals surface area contributed by atoms with E-state index in [1.54, 1.807) is 31.4 Å². The summed E-state index contributed by atoms with van der Waals surface area (Å²) in [5.41, 5.74) is 4.61. The summed E-state index contributed by atoms with van der Waals surface area (Å²) in [6.07, 6.45) is 1.23. The molecule has 3 aromatic carbocycles. The number of hydrogen-bond donors (Lipinski definition) is 1. The molecule has 0 aliphatic carbocycles. The summed E-state index contributed by atoms with van der Waals surface area (Å²) in [5.74, 6) is 1.04. The number of para-hydroxylation sites is 1. The van der Waals surface area contributed by atoms with E-state index in [1.807, 2.05) is 64.1 Å². The Morgan fingerprint density at radius 2 is 1.56 bits per heavy atom. The number of sulfonamides is 1. The quantitative estimate of drug-likeness (QED) is 0.415. The monoisotopic (exact) mass is 510 g/mol. The van der Waals surface area contributed by atoms with Crippen molar-refractivity contribution in [2.24, 2.45) is 0 Å². The second kappa shape index (κ2) is 11.5. The van der Waals surface area contributed by atoms with Crippen molar-refractivity contribution in [2.75, 3.05) is 17.7 Å². The van der Waals surface area contributed by atoms with Crippen LogP contribution in [0.15, 0.2) is 60.7 Å². The van der Waals surface area contributed by atoms with E-state index in [9.17, 15) is 13.2 Å². The zero-order valence-corrected chi connectivity index (χ0v) is 22.5. The second-order valence-corrected chi connectivity index (χ2v) is 10.9. The Morgan fingerprint density at radius 1 is 0.944 bits per heavy atom. The van der Waals surface area contributed by atoms with E-state index < -0.39 is 10.0 Å². The number of ether oxygens (including phenoxy) is 2. The second-order valence-electron chi connectivity index (χ2n) is 9.04. The van der Waals surface area contributed by atoms with Gasteiger partial charge in [-0.3, -0.25) is 9.10 Å². The third-order valence-corrected chi connectivity index (χ3v) is 6.79. The molecule has 8 heteroatoms. The van der Waals surface area contributed by atoms with Gasteiger partial charge in [-0.2, -0.15) is 0 Å². The van der Waals surface area contributed by atoms with Crippen LogP contribution in [0.4, 0.5) is 5.69 Å². The van der Waals surface area contributed by atoms with Crippen molar-refractivity contribution in [3.63, 3.8) is 0 Å². The number of anilines is 1. The molecule has 1 N–H and O–H groups in total. The zero-order chi connectivity index (χ0) is 26.5. The zero-order valence-electron chi connectivity index (χ0n) is 21.7. The average molecular weight is 511 g/mol. The summed E-state index contributed by atoms with van der Waals surface area (Å²) in [6.45, 7) is 8.19. The van der Waals surface area contributed by atoms with Gasteiger partial charge in [0.05, 0.1) is 31.7 Å². The molecule has 192 valence electrons. The van der Waals surface area contributed by atoms with Gasteiger partial charge in [-0.15, -0.1) is 0 Å². The lowest BCUT2D eigenvalue weighted by molar-refractivity contribution is 0.0951. The van der Waals surface area contributed by atoms with Crippen molar-refractivity contribution >= 4 is 21.6 Å². The number of nitrogens with one attached hydrogen (secondary N) is 1. The molecule has 0 aromatic heterocycles. The lowest BCUT2D eigenvalue weighted by atomic mass is 10.1. The molecule has 0 aliphatic heterocycles. The summed E-state index contributed by atoms with van der Waals surface area (Å²) in [7, 11) is -1.93. The molecule has 3 aromatic rings. The van der Waals surface area contributed by atoms with Crippen molar-refractivity contribution in [1.29, 1.82) is 0 Å². The Kier molecular flexibility index (Phi) is 8.63. The number of hydrogen-bond acceptors (Lipinski definition) is 5. The first kappa shape index (κ1) is 27.1. The lowest BCUT2D eigenvalue weighted by Gasteiger charge is -2.26. The standard InChI is InChI=1S/C28H34N2O5S/c1-19(2)35-25-15-12-23(16-26(25)34-5)17-29-28(31)24-13-10-22(11-14-24)18-30(36(6,32)33)27-20(3)8-7-9-21(27)4/h7-16,19H,17-18H2,1-6H3,(H,29,31). The van der Waals surface area contributed by atoms with Crippen molar-refractivity contribution in [2.45, 2.75) is 46.9 Å². The van der Waals surface area contributed by atoms with Crippen LogP contribution < -0.4 is 19.1 Å². The van der Waals surface area contributed by atoms with E-state index in [4.69, 9.17) is 9.47 Å². The van der Waals surface area contributed by atoms with Crippen LogP contribution in [0.1, 0.15) is 46.5 Å². The van der Waals surface area contributed by atoms with E-state index >= 15 is 0 Å². The number of rotatable bonds is 10. The van der Waals surface area contributed by atoms with E-state index in [-0.39, 0.29) is 18.6 Å². The van der Waals surface area contributed by atoms with Crippen LogP contribution in [0.3, 0.4) is 0 Å². The van der Waals surface area contributed by atoms with Crippen LogP contribution in [0.25, 0.3) is 0 Å². The smallest absolute Gasteiger partial charge is 0.251 e. The fourth-order valence-corrected chi connectivity index (χ4v) is 4.95. The first-order chi connectivity index (χ1) is 17.0. The number of nitrogens with zero attached hydrogens (tertiary/aromatic N) is 1. The largest absolute Gasteiger partial charge is 0.493 e. The predicted molar refractivity (Wildman–Crippen MR) is 143 cm³/mol. The molecule has 0 unspecified atom stereocenters. The van der Waals surface area contributed by atoms with Crippen LogP contribution in [-0.4, -0.2) is 33.8 Å². The van der Waals surface area contributed by atoms with Gasteiger partial charge in [0, 0.05) is 12.1 Å². The molecule has 0 fully saturated rings. The average Bonchev–Trinajstić information content (AvgIpc) is 2.82. The highest BCUT2D eigenvalue weighted by Gasteiger charge is 2.21. The van der Waals surface area contributed by atoms with Gasteiger partial charge < -0.3 is 14.8 Å². The number of aryl methyl sites for hydroxylation is 2. The van der Waals surface area contributed by atoms with Crippen LogP contribution >= 0.6 is 0 Å². The van der Waals surface area contributed by atoms with Gasteiger partial charge >= 0.3 is 0 Å². The molecule has 0 saturated carbocycles. The minimum atomic E-state index is -3.51. The number of carbonyl (C=O) groups excluding carboxylic acids is 1. The summed E-state index contributed by atoms with van der Waals surface area (Å²) in [6, 6.07) is 18.2. The molecule has 0 bridgehead atoms. The Balaban J connectivity index is 1.70. The molecule has 0 radical (unpaired) electrons. The minimum absolute atomic E-state index is 0.0256. The first-order valence-corrected chi connectivity index (χ1v) is 13.6. The highest BCUT2D eigenvalue weighted by Crippen LogP contribution is 2.30. The van der Waals surface area contributed by atoms with E-state index in [1.165, 1.54) is 10.6 Å². The van der Waals surface area contributed by atoms with Crippen LogP contribution in [0, 0.1) is 13.8 Å². The summed E-state index contributed by atoms with van der Waals surface area (Å²) in [5, 5.41) is 2.91. The maximum atomic E-state index is 12.7. The molecule has 0 aliphatic rings. The van der Waals surface area contributed by atoms with Gasteiger partial charge in [-0.1, -0.05) is 36.4 Å². The third kappa shape index (κ3) is 6.79. The molecule has 7 nitrogen and oxygen atoms in total. The van der Waals surface area contributed by atoms with Gasteiger partial charge in [0.25, 0.3) is 5.91 Å². The molecule has 0 saturated heterocycles. The van der Waals surface area contributed by atoms with E-state index in [2.05, 4.69) is 5.32 Å². The lowest BCUT2D eigenvalue weighted by Crippen LogP contribution is -2.30. The molecule has 1 amide bonds. The van der Waals surface area contributed by atoms with E-state index in [0.29, 0.717) is 29.3 Å². The van der Waals surface area contributed by atoms with Crippen molar-refractivity contribution in [1.82, 2.24) is 5.32 Å². The van der Waals surface area contributed by atoms with Crippen molar-refractivity contribution < 1.29 is 22.7 Å². The molecule has 3 rings (SSSR count). The highest BCUT2D eigenvalue weighted by molar-refractivity contribution is 7.92. The Hall–Kier alpha value is -3.52. The maximum Gasteiger partial charge on any atom is 0.251 e. The number of benzene rings is 3. The van der Waals surface area contributed by atoms with Gasteiger partial charge in [0.15, 0.2) is 11.5 Å². The van der Waals surface area contributed by atoms with E-state index in [0.717, 1.165) is 22.3 Å². The van der Waals surface area contributed by atoms with Gasteiger partial charge in [-0.25, -0.2) is 8.42 Å². The molecule has 0 spiro atoms. The number of methoxy groups -OCH3 is 1. The topological polar surface area (TPSA) is 84.9 Å². The number of amides is 1. The van der Waals surface area contributed by atoms with Crippen LogP contribution in [-0.2, 0) is 23.1 Å². The van der Waals surface area contributed by atoms with Crippen molar-refractivity contribution in [3.8, 4) is 11.5 Å². The molecule has 0 heterocycles. The summed E-state index contributed by atoms with van der Waals surface area (Å²) in [4.78, 5) is 12.7. The SMILES string of the molecule is COc1cc(CNC(=O)c2ccc(CN(c3c(C)cccc3C)S(C)(=O)=O)cc2)ccc1OC(C)C. The molecule has 36 heavy (non-hydrogen) atoms. The minimum Gasteiger partial charge on any atom is -0.493 e. The van der Waals surface area contributed by atoms with Gasteiger partial charge in [-0.05, 0) is 74.2 Å². The molecular weight excluding hydrogens is 476 g/mol. The van der Waals surface area contributed by atoms with Crippen LogP contribution in [0.2, 0.25) is 0 Å². The predicted octanol–water partition coefficient (Wildman–Crippen LogP) is 5.00. The third-order valence-electron chi connectivity index (χ3n) is 5.68. The van der Waals surface area contributed by atoms with Crippen molar-refractivity contribution in [3.05, 3.63) is 88.5 Å². The number of carbonyl (C=O) groups is 1. The fourth-order valence-electron chi connectivity index (χ4n) is 3.95. The molecule has 0 atom stereocenters. The van der Waals surface area contributed by atoms with Gasteiger partial charge in [0.1, 0.15) is 0 Å². The van der Waals surface area contributed by atoms with Crippen LogP contribution in [0.5, 0.6) is 11.5 Å². The maximum absolute atomic E-state index is 12.7. The highest BCUT2D eigenvalue weighted by atomic mass is 32.2. The Labute approximate surface area is 214 Å². The summed E-state index contributed by atoms with van der Waals surface area (Å²) < 4.78 is 37.8. The fraction of sp³-hybridized carbons (Fsp3) is 0.321. The molecular formula is C28H34N2O5S. The Bertz CT molecular complexity index is 1300. The van der Waals surface area contributed by atoms with Gasteiger partial charge in [0.2, 0.25) is 10.0 Å².